The summed E-state index contributed by atoms with van der Waals surface area (Å²) in [5.74, 6) is 1.89. The van der Waals surface area contributed by atoms with E-state index in [1.165, 1.54) is 0 Å². The Labute approximate surface area is 217 Å². The Morgan fingerprint density at radius 3 is 2.51 bits per heavy atom. The number of ether oxygens (including phenoxy) is 3. The van der Waals surface area contributed by atoms with Crippen LogP contribution in [0.3, 0.4) is 0 Å². The van der Waals surface area contributed by atoms with Crippen LogP contribution >= 0.6 is 0 Å². The molecule has 3 aromatic rings. The lowest BCUT2D eigenvalue weighted by molar-refractivity contribution is 0.0320. The van der Waals surface area contributed by atoms with Gasteiger partial charge in [-0.15, -0.1) is 0 Å². The van der Waals surface area contributed by atoms with Crippen molar-refractivity contribution in [1.82, 2.24) is 15.0 Å². The number of hydrogen-bond acceptors (Lipinski definition) is 8. The predicted molar refractivity (Wildman–Crippen MR) is 140 cm³/mol. The molecule has 37 heavy (non-hydrogen) atoms. The van der Waals surface area contributed by atoms with E-state index >= 15 is 0 Å². The maximum atomic E-state index is 13.9. The summed E-state index contributed by atoms with van der Waals surface area (Å²) in [6, 6.07) is 15.4. The number of nitrogens with zero attached hydrogens (tertiary/aromatic N) is 4. The Morgan fingerprint density at radius 1 is 1.00 bits per heavy atom. The van der Waals surface area contributed by atoms with Crippen LogP contribution in [0, 0.1) is 0 Å². The van der Waals surface area contributed by atoms with Crippen LogP contribution in [0.2, 0.25) is 0 Å². The van der Waals surface area contributed by atoms with Crippen molar-refractivity contribution in [3.05, 3.63) is 59.7 Å². The monoisotopic (exact) mass is 506 g/mol. The van der Waals surface area contributed by atoms with Gasteiger partial charge in [0.1, 0.15) is 5.69 Å². The number of carbonyl (C=O) groups is 1. The second-order valence-electron chi connectivity index (χ2n) is 9.10. The molecule has 5 rings (SSSR count). The van der Waals surface area contributed by atoms with Gasteiger partial charge >= 0.3 is 0 Å². The molecule has 0 aliphatic carbocycles. The van der Waals surface area contributed by atoms with Gasteiger partial charge in [0.05, 0.1) is 25.3 Å². The van der Waals surface area contributed by atoms with Crippen molar-refractivity contribution in [3.63, 3.8) is 0 Å². The highest BCUT2D eigenvalue weighted by molar-refractivity contribution is 5.95. The standard InChI is InChI=1S/C28H34N4O5/c1-3-31(4-2)28-23(26(29-37-28)21-8-6-5-7-9-21)19-32(13-12-30-14-16-34-17-15-30)27(33)22-10-11-24-25(18-22)36-20-35-24/h5-11,18H,3-4,12-17,19-20H2,1-2H3. The fourth-order valence-electron chi connectivity index (χ4n) is 4.77. The fourth-order valence-corrected chi connectivity index (χ4v) is 4.77. The van der Waals surface area contributed by atoms with Crippen LogP contribution in [0.1, 0.15) is 29.8 Å². The Kier molecular flexibility index (Phi) is 7.91. The number of aromatic nitrogens is 1. The number of benzene rings is 2. The Hall–Kier alpha value is -3.56. The quantitative estimate of drug-likeness (QED) is 0.410. The van der Waals surface area contributed by atoms with Crippen LogP contribution in [-0.4, -0.2) is 80.1 Å². The highest BCUT2D eigenvalue weighted by Gasteiger charge is 2.27. The average Bonchev–Trinajstić information content (AvgIpc) is 3.59. The van der Waals surface area contributed by atoms with Crippen molar-refractivity contribution in [2.24, 2.45) is 0 Å². The summed E-state index contributed by atoms with van der Waals surface area (Å²) in [4.78, 5) is 20.3. The van der Waals surface area contributed by atoms with Gasteiger partial charge in [0.15, 0.2) is 11.5 Å². The number of rotatable bonds is 10. The lowest BCUT2D eigenvalue weighted by Crippen LogP contribution is -2.43. The minimum Gasteiger partial charge on any atom is -0.454 e. The number of hydrogen-bond donors (Lipinski definition) is 0. The summed E-state index contributed by atoms with van der Waals surface area (Å²) >= 11 is 0. The molecule has 2 aliphatic rings. The predicted octanol–water partition coefficient (Wildman–Crippen LogP) is 3.89. The second-order valence-corrected chi connectivity index (χ2v) is 9.10. The molecule has 1 aromatic heterocycles. The van der Waals surface area contributed by atoms with Crippen molar-refractivity contribution < 1.29 is 23.5 Å². The smallest absolute Gasteiger partial charge is 0.254 e. The van der Waals surface area contributed by atoms with Gasteiger partial charge in [-0.3, -0.25) is 9.69 Å². The van der Waals surface area contributed by atoms with Gasteiger partial charge in [-0.1, -0.05) is 35.5 Å². The normalized spacial score (nSPS) is 15.1. The summed E-state index contributed by atoms with van der Waals surface area (Å²) < 4.78 is 22.4. The molecule has 1 fully saturated rings. The number of anilines is 1. The molecule has 2 aliphatic heterocycles. The van der Waals surface area contributed by atoms with Crippen molar-refractivity contribution in [1.29, 1.82) is 0 Å². The zero-order chi connectivity index (χ0) is 25.6. The van der Waals surface area contributed by atoms with Gasteiger partial charge in [0.2, 0.25) is 12.7 Å². The van der Waals surface area contributed by atoms with Crippen LogP contribution in [0.5, 0.6) is 11.5 Å². The summed E-state index contributed by atoms with van der Waals surface area (Å²) in [6.45, 7) is 10.7. The molecule has 9 nitrogen and oxygen atoms in total. The van der Waals surface area contributed by atoms with Crippen LogP contribution in [-0.2, 0) is 11.3 Å². The van der Waals surface area contributed by atoms with Crippen molar-refractivity contribution in [2.75, 3.05) is 64.2 Å². The van der Waals surface area contributed by atoms with Gasteiger partial charge in [0, 0.05) is 50.4 Å². The molecule has 0 unspecified atom stereocenters. The number of morpholine rings is 1. The fraction of sp³-hybridized carbons (Fsp3) is 0.429. The molecule has 9 heteroatoms. The maximum absolute atomic E-state index is 13.9. The molecule has 2 aromatic carbocycles. The Bertz CT molecular complexity index is 1190. The second kappa shape index (κ2) is 11.7. The third-order valence-corrected chi connectivity index (χ3v) is 6.91. The van der Waals surface area contributed by atoms with E-state index < -0.39 is 0 Å². The van der Waals surface area contributed by atoms with E-state index in [1.807, 2.05) is 35.2 Å². The molecular weight excluding hydrogens is 472 g/mol. The third-order valence-electron chi connectivity index (χ3n) is 6.91. The highest BCUT2D eigenvalue weighted by atomic mass is 16.7. The molecule has 196 valence electrons. The molecule has 0 spiro atoms. The molecule has 0 atom stereocenters. The summed E-state index contributed by atoms with van der Waals surface area (Å²) in [7, 11) is 0. The first-order chi connectivity index (χ1) is 18.2. The van der Waals surface area contributed by atoms with Gasteiger partial charge in [-0.2, -0.15) is 0 Å². The number of carbonyl (C=O) groups excluding carboxylic acids is 1. The van der Waals surface area contributed by atoms with Crippen LogP contribution < -0.4 is 14.4 Å². The summed E-state index contributed by atoms with van der Waals surface area (Å²) in [5, 5.41) is 4.47. The minimum absolute atomic E-state index is 0.0720. The van der Waals surface area contributed by atoms with Crippen molar-refractivity contribution in [2.45, 2.75) is 20.4 Å². The maximum Gasteiger partial charge on any atom is 0.254 e. The van der Waals surface area contributed by atoms with Gasteiger partial charge in [0.25, 0.3) is 5.91 Å². The van der Waals surface area contributed by atoms with Crippen LogP contribution in [0.15, 0.2) is 53.1 Å². The average molecular weight is 507 g/mol. The van der Waals surface area contributed by atoms with E-state index in [1.54, 1.807) is 18.2 Å². The van der Waals surface area contributed by atoms with E-state index in [0.717, 1.165) is 49.5 Å². The first-order valence-electron chi connectivity index (χ1n) is 13.0. The van der Waals surface area contributed by atoms with Gasteiger partial charge in [-0.05, 0) is 32.0 Å². The molecule has 1 saturated heterocycles. The van der Waals surface area contributed by atoms with Crippen molar-refractivity contribution in [3.8, 4) is 22.8 Å². The van der Waals surface area contributed by atoms with Crippen molar-refractivity contribution >= 4 is 11.8 Å². The van der Waals surface area contributed by atoms with Gasteiger partial charge in [-0.25, -0.2) is 0 Å². The highest BCUT2D eigenvalue weighted by Crippen LogP contribution is 2.35. The van der Waals surface area contributed by atoms with Crippen LogP contribution in [0.25, 0.3) is 11.3 Å². The molecule has 3 heterocycles. The molecule has 0 radical (unpaired) electrons. The summed E-state index contributed by atoms with van der Waals surface area (Å²) in [5.41, 5.74) is 3.19. The lowest BCUT2D eigenvalue weighted by Gasteiger charge is -2.30. The van der Waals surface area contributed by atoms with E-state index in [4.69, 9.17) is 18.7 Å². The summed E-state index contributed by atoms with van der Waals surface area (Å²) in [6.07, 6.45) is 0. The number of amides is 1. The first kappa shape index (κ1) is 25.1. The van der Waals surface area contributed by atoms with E-state index in [-0.39, 0.29) is 12.7 Å². The van der Waals surface area contributed by atoms with E-state index in [2.05, 4.69) is 28.8 Å². The number of fused-ring (bicyclic) bond motifs is 1. The lowest BCUT2D eigenvalue weighted by atomic mass is 10.1. The third kappa shape index (κ3) is 5.57. The first-order valence-corrected chi connectivity index (χ1v) is 13.0. The zero-order valence-corrected chi connectivity index (χ0v) is 21.5. The molecule has 0 N–H and O–H groups in total. The minimum atomic E-state index is -0.0720. The molecular formula is C28H34N4O5. The van der Waals surface area contributed by atoms with E-state index in [9.17, 15) is 4.79 Å². The van der Waals surface area contributed by atoms with Gasteiger partial charge < -0.3 is 28.5 Å². The van der Waals surface area contributed by atoms with E-state index in [0.29, 0.717) is 49.2 Å². The molecule has 1 amide bonds. The Morgan fingerprint density at radius 2 is 1.76 bits per heavy atom. The Balaban J connectivity index is 1.48. The molecule has 0 bridgehead atoms. The zero-order valence-electron chi connectivity index (χ0n) is 21.5. The largest absolute Gasteiger partial charge is 0.454 e. The topological polar surface area (TPSA) is 80.5 Å². The molecule has 0 saturated carbocycles. The SMILES string of the molecule is CCN(CC)c1onc(-c2ccccc2)c1CN(CCN1CCOCC1)C(=O)c1ccc2c(c1)OCO2. The van der Waals surface area contributed by atoms with Crippen LogP contribution in [0.4, 0.5) is 5.88 Å².